The second-order valence-electron chi connectivity index (χ2n) is 10.1. The number of piperidine rings is 1. The molecule has 0 atom stereocenters. The third kappa shape index (κ3) is 6.76. The van der Waals surface area contributed by atoms with E-state index in [0.29, 0.717) is 37.0 Å². The van der Waals surface area contributed by atoms with Crippen LogP contribution in [0.1, 0.15) is 64.7 Å². The number of aryl methyl sites for hydroxylation is 3. The zero-order valence-electron chi connectivity index (χ0n) is 22.4. The van der Waals surface area contributed by atoms with Crippen molar-refractivity contribution in [3.05, 3.63) is 95.5 Å². The summed E-state index contributed by atoms with van der Waals surface area (Å²) < 4.78 is 5.18. The van der Waals surface area contributed by atoms with Crippen LogP contribution in [0.5, 0.6) is 0 Å². The molecule has 0 saturated carbocycles. The number of oxazole rings is 1. The summed E-state index contributed by atoms with van der Waals surface area (Å²) in [4.78, 5) is 40.0. The van der Waals surface area contributed by atoms with E-state index >= 15 is 0 Å². The molecule has 0 bridgehead atoms. The summed E-state index contributed by atoms with van der Waals surface area (Å²) in [5.74, 6) is 0.820. The van der Waals surface area contributed by atoms with Gasteiger partial charge in [0.15, 0.2) is 11.6 Å². The zero-order chi connectivity index (χ0) is 27.2. The highest BCUT2D eigenvalue weighted by Gasteiger charge is 2.26. The van der Waals surface area contributed by atoms with Crippen LogP contribution in [-0.2, 0) is 11.2 Å². The molecule has 2 amide bonds. The molecule has 4 heterocycles. The predicted molar refractivity (Wildman–Crippen MR) is 149 cm³/mol. The van der Waals surface area contributed by atoms with Gasteiger partial charge in [0.2, 0.25) is 5.91 Å². The summed E-state index contributed by atoms with van der Waals surface area (Å²) in [7, 11) is 0. The van der Waals surface area contributed by atoms with E-state index in [0.717, 1.165) is 53.9 Å². The average Bonchev–Trinajstić information content (AvgIpc) is 3.39. The van der Waals surface area contributed by atoms with Gasteiger partial charge in [0.25, 0.3) is 5.91 Å². The number of aromatic nitrogens is 3. The molecule has 0 aliphatic carbocycles. The number of hydrogen-bond donors (Lipinski definition) is 1. The van der Waals surface area contributed by atoms with Crippen molar-refractivity contribution in [2.45, 2.75) is 51.9 Å². The molecule has 200 valence electrons. The molecule has 8 heteroatoms. The third-order valence-corrected chi connectivity index (χ3v) is 7.16. The first-order valence-corrected chi connectivity index (χ1v) is 13.4. The molecule has 0 spiro atoms. The van der Waals surface area contributed by atoms with E-state index in [2.05, 4.69) is 32.4 Å². The Balaban J connectivity index is 1.07. The Morgan fingerprint density at radius 2 is 1.69 bits per heavy atom. The van der Waals surface area contributed by atoms with E-state index in [4.69, 9.17) is 4.42 Å². The Kier molecular flexibility index (Phi) is 8.10. The van der Waals surface area contributed by atoms with Gasteiger partial charge in [0.1, 0.15) is 6.26 Å². The molecular weight excluding hydrogens is 490 g/mol. The highest BCUT2D eigenvalue weighted by atomic mass is 16.3. The van der Waals surface area contributed by atoms with Crippen molar-refractivity contribution in [1.29, 1.82) is 0 Å². The summed E-state index contributed by atoms with van der Waals surface area (Å²) in [5, 5.41) is 3.01. The topological polar surface area (TPSA) is 101 Å². The van der Waals surface area contributed by atoms with Gasteiger partial charge in [0.05, 0.1) is 11.4 Å². The molecule has 0 unspecified atom stereocenters. The Bertz CT molecular complexity index is 1440. The Labute approximate surface area is 228 Å². The van der Waals surface area contributed by atoms with Crippen molar-refractivity contribution < 1.29 is 14.0 Å². The van der Waals surface area contributed by atoms with E-state index in [1.807, 2.05) is 48.2 Å². The maximum absolute atomic E-state index is 12.6. The van der Waals surface area contributed by atoms with Gasteiger partial charge in [-0.2, -0.15) is 0 Å². The lowest BCUT2D eigenvalue weighted by Gasteiger charge is -2.31. The summed E-state index contributed by atoms with van der Waals surface area (Å²) in [6.07, 6.45) is 8.80. The minimum atomic E-state index is -0.0731. The highest BCUT2D eigenvalue weighted by Crippen LogP contribution is 2.29. The summed E-state index contributed by atoms with van der Waals surface area (Å²) in [6, 6.07) is 16.1. The number of nitrogens with zero attached hydrogens (tertiary/aromatic N) is 4. The van der Waals surface area contributed by atoms with Crippen LogP contribution < -0.4 is 5.32 Å². The fraction of sp³-hybridized carbons (Fsp3) is 0.323. The standard InChI is InChI=1S/C31H33N5O3/c1-21-10-14-32-27(18-21)28-19-23(11-15-33-28)4-3-5-30(37)35-26-8-6-24(7-9-26)25-12-16-36(17-13-25)31(38)29-20-39-22(2)34-29/h6-11,14-15,18-20,25H,3-5,12-13,16-17H2,1-2H3,(H,35,37). The molecule has 1 fully saturated rings. The van der Waals surface area contributed by atoms with Gasteiger partial charge < -0.3 is 14.6 Å². The van der Waals surface area contributed by atoms with Crippen molar-refractivity contribution in [3.8, 4) is 11.4 Å². The number of carbonyl (C=O) groups is 2. The van der Waals surface area contributed by atoms with E-state index in [1.54, 1.807) is 19.3 Å². The number of likely N-dealkylation sites (tertiary alicyclic amines) is 1. The first-order chi connectivity index (χ1) is 18.9. The number of benzene rings is 1. The first kappa shape index (κ1) is 26.3. The number of anilines is 1. The molecular formula is C31H33N5O3. The fourth-order valence-corrected chi connectivity index (χ4v) is 5.00. The van der Waals surface area contributed by atoms with Crippen LogP contribution in [0.4, 0.5) is 5.69 Å². The SMILES string of the molecule is Cc1ccnc(-c2cc(CCCC(=O)Nc3ccc(C4CCN(C(=O)c5coc(C)n5)CC4)cc3)ccn2)c1. The quantitative estimate of drug-likeness (QED) is 0.317. The lowest BCUT2D eigenvalue weighted by atomic mass is 9.89. The number of nitrogens with one attached hydrogen (secondary N) is 1. The van der Waals surface area contributed by atoms with Gasteiger partial charge >= 0.3 is 0 Å². The van der Waals surface area contributed by atoms with Gasteiger partial charge in [-0.05, 0) is 91.6 Å². The lowest BCUT2D eigenvalue weighted by molar-refractivity contribution is -0.116. The molecule has 0 radical (unpaired) electrons. The van der Waals surface area contributed by atoms with Gasteiger partial charge in [0, 0.05) is 44.5 Å². The second kappa shape index (κ2) is 12.0. The van der Waals surface area contributed by atoms with Gasteiger partial charge in [-0.15, -0.1) is 0 Å². The predicted octanol–water partition coefficient (Wildman–Crippen LogP) is 5.73. The molecule has 3 aromatic heterocycles. The Hall–Kier alpha value is -4.33. The molecule has 5 rings (SSSR count). The monoisotopic (exact) mass is 523 g/mol. The number of carbonyl (C=O) groups excluding carboxylic acids is 2. The molecule has 1 aliphatic rings. The highest BCUT2D eigenvalue weighted by molar-refractivity contribution is 5.92. The molecule has 8 nitrogen and oxygen atoms in total. The molecule has 1 aliphatic heterocycles. The van der Waals surface area contributed by atoms with Crippen LogP contribution in [0.15, 0.2) is 71.6 Å². The van der Waals surface area contributed by atoms with Crippen LogP contribution >= 0.6 is 0 Å². The van der Waals surface area contributed by atoms with E-state index in [9.17, 15) is 9.59 Å². The van der Waals surface area contributed by atoms with Crippen molar-refractivity contribution in [3.63, 3.8) is 0 Å². The number of rotatable bonds is 8. The maximum Gasteiger partial charge on any atom is 0.275 e. The second-order valence-corrected chi connectivity index (χ2v) is 10.1. The van der Waals surface area contributed by atoms with Crippen LogP contribution in [0.25, 0.3) is 11.4 Å². The third-order valence-electron chi connectivity index (χ3n) is 7.16. The van der Waals surface area contributed by atoms with Crippen molar-refractivity contribution in [1.82, 2.24) is 19.9 Å². The van der Waals surface area contributed by atoms with Crippen LogP contribution in [0.3, 0.4) is 0 Å². The fourth-order valence-electron chi connectivity index (χ4n) is 5.00. The maximum atomic E-state index is 12.6. The molecule has 1 N–H and O–H groups in total. The summed E-state index contributed by atoms with van der Waals surface area (Å²) in [5.41, 5.74) is 6.40. The van der Waals surface area contributed by atoms with Crippen molar-refractivity contribution in [2.24, 2.45) is 0 Å². The minimum Gasteiger partial charge on any atom is -0.448 e. The lowest BCUT2D eigenvalue weighted by Crippen LogP contribution is -2.38. The van der Waals surface area contributed by atoms with Crippen LogP contribution in [0, 0.1) is 13.8 Å². The number of amides is 2. The largest absolute Gasteiger partial charge is 0.448 e. The van der Waals surface area contributed by atoms with E-state index in [1.165, 1.54) is 11.8 Å². The number of hydrogen-bond acceptors (Lipinski definition) is 6. The molecule has 1 aromatic carbocycles. The normalized spacial score (nSPS) is 13.8. The Morgan fingerprint density at radius 1 is 0.974 bits per heavy atom. The van der Waals surface area contributed by atoms with Crippen molar-refractivity contribution >= 4 is 17.5 Å². The smallest absolute Gasteiger partial charge is 0.275 e. The van der Waals surface area contributed by atoms with E-state index < -0.39 is 0 Å². The zero-order valence-corrected chi connectivity index (χ0v) is 22.4. The summed E-state index contributed by atoms with van der Waals surface area (Å²) in [6.45, 7) is 5.15. The molecule has 1 saturated heterocycles. The number of pyridine rings is 2. The van der Waals surface area contributed by atoms with Gasteiger partial charge in [-0.3, -0.25) is 19.6 Å². The minimum absolute atomic E-state index is 0.00675. The van der Waals surface area contributed by atoms with Crippen LogP contribution in [-0.4, -0.2) is 44.8 Å². The van der Waals surface area contributed by atoms with Crippen LogP contribution in [0.2, 0.25) is 0 Å². The molecule has 4 aromatic rings. The van der Waals surface area contributed by atoms with Crippen molar-refractivity contribution in [2.75, 3.05) is 18.4 Å². The Morgan fingerprint density at radius 3 is 2.38 bits per heavy atom. The molecule has 39 heavy (non-hydrogen) atoms. The van der Waals surface area contributed by atoms with Gasteiger partial charge in [-0.25, -0.2) is 4.98 Å². The summed E-state index contributed by atoms with van der Waals surface area (Å²) >= 11 is 0. The first-order valence-electron chi connectivity index (χ1n) is 13.4. The average molecular weight is 524 g/mol. The van der Waals surface area contributed by atoms with Gasteiger partial charge in [-0.1, -0.05) is 12.1 Å². The van der Waals surface area contributed by atoms with E-state index in [-0.39, 0.29) is 11.8 Å².